The van der Waals surface area contributed by atoms with Gasteiger partial charge in [0.25, 0.3) is 0 Å². The normalized spacial score (nSPS) is 30.4. The number of hydrogen-bond donors (Lipinski definition) is 0. The summed E-state index contributed by atoms with van der Waals surface area (Å²) in [5.74, 6) is -1.34. The maximum absolute atomic E-state index is 12.5. The summed E-state index contributed by atoms with van der Waals surface area (Å²) in [4.78, 5) is 37.0. The predicted molar refractivity (Wildman–Crippen MR) is 85.8 cm³/mol. The van der Waals surface area contributed by atoms with E-state index in [1.807, 2.05) is 0 Å². The molecule has 4 nitrogen and oxygen atoms in total. The fraction of sp³-hybridized carbons (Fsp3) is 0.842. The molecule has 0 spiro atoms. The molecule has 1 aliphatic heterocycles. The van der Waals surface area contributed by atoms with Crippen LogP contribution in [0.4, 0.5) is 0 Å². The number of hydrogen-bond acceptors (Lipinski definition) is 4. The fourth-order valence-corrected chi connectivity index (χ4v) is 4.54. The van der Waals surface area contributed by atoms with Gasteiger partial charge in [-0.1, -0.05) is 64.2 Å². The molecule has 0 N–H and O–H groups in total. The number of ketones is 2. The third-order valence-electron chi connectivity index (χ3n) is 5.90. The lowest BCUT2D eigenvalue weighted by atomic mass is 9.81. The number of carbonyl (C=O) groups is 3. The van der Waals surface area contributed by atoms with Gasteiger partial charge in [-0.05, 0) is 18.3 Å². The largest absolute Gasteiger partial charge is 0.453 e. The van der Waals surface area contributed by atoms with E-state index in [-0.39, 0.29) is 11.6 Å². The Balaban J connectivity index is 1.55. The van der Waals surface area contributed by atoms with E-state index in [2.05, 4.69) is 0 Å². The average molecular weight is 320 g/mol. The third kappa shape index (κ3) is 4.02. The van der Waals surface area contributed by atoms with Gasteiger partial charge in [0, 0.05) is 6.42 Å². The highest BCUT2D eigenvalue weighted by atomic mass is 16.6. The molecule has 3 fully saturated rings. The number of cyclic esters (lactones) is 1. The molecule has 2 atom stereocenters. The summed E-state index contributed by atoms with van der Waals surface area (Å²) >= 11 is 0. The van der Waals surface area contributed by atoms with E-state index in [9.17, 15) is 14.4 Å². The van der Waals surface area contributed by atoms with Gasteiger partial charge < -0.3 is 4.74 Å². The molecule has 0 aromatic rings. The molecular formula is C19H28O4. The van der Waals surface area contributed by atoms with Crippen molar-refractivity contribution >= 4 is 17.5 Å². The Labute approximate surface area is 138 Å². The summed E-state index contributed by atoms with van der Waals surface area (Å²) in [6.45, 7) is 0. The Morgan fingerprint density at radius 3 is 2.04 bits per heavy atom. The highest BCUT2D eigenvalue weighted by Crippen LogP contribution is 2.33. The Morgan fingerprint density at radius 2 is 1.43 bits per heavy atom. The first-order valence-corrected chi connectivity index (χ1v) is 9.42. The topological polar surface area (TPSA) is 60.4 Å². The van der Waals surface area contributed by atoms with Gasteiger partial charge in [-0.15, -0.1) is 0 Å². The van der Waals surface area contributed by atoms with Crippen molar-refractivity contribution < 1.29 is 19.1 Å². The lowest BCUT2D eigenvalue weighted by Crippen LogP contribution is -2.30. The van der Waals surface area contributed by atoms with Crippen LogP contribution in [-0.4, -0.2) is 23.6 Å². The summed E-state index contributed by atoms with van der Waals surface area (Å²) in [6, 6.07) is 0. The lowest BCUT2D eigenvalue weighted by Gasteiger charge is -2.23. The van der Waals surface area contributed by atoms with Crippen LogP contribution in [0, 0.1) is 17.8 Å². The van der Waals surface area contributed by atoms with Gasteiger partial charge in [0.15, 0.2) is 23.6 Å². The highest BCUT2D eigenvalue weighted by Gasteiger charge is 2.48. The molecule has 1 saturated heterocycles. The van der Waals surface area contributed by atoms with Gasteiger partial charge in [-0.25, -0.2) is 0 Å². The molecule has 1 heterocycles. The summed E-state index contributed by atoms with van der Waals surface area (Å²) in [6.07, 6.45) is 11.9. The molecule has 2 aliphatic carbocycles. The molecule has 0 amide bonds. The van der Waals surface area contributed by atoms with Crippen molar-refractivity contribution in [3.63, 3.8) is 0 Å². The second kappa shape index (κ2) is 7.59. The van der Waals surface area contributed by atoms with Gasteiger partial charge in [-0.3, -0.25) is 14.4 Å². The van der Waals surface area contributed by atoms with E-state index in [0.29, 0.717) is 24.7 Å². The average Bonchev–Trinajstić information content (AvgIpc) is 2.83. The third-order valence-corrected chi connectivity index (χ3v) is 5.90. The molecular weight excluding hydrogens is 292 g/mol. The first-order valence-electron chi connectivity index (χ1n) is 9.42. The SMILES string of the molecule is O=C(CC1CCCCC1)C1C(=O)OC(CC2CCCCC2)C1=O. The monoisotopic (exact) mass is 320 g/mol. The molecule has 128 valence electrons. The lowest BCUT2D eigenvalue weighted by molar-refractivity contribution is -0.147. The Morgan fingerprint density at radius 1 is 0.870 bits per heavy atom. The Bertz CT molecular complexity index is 458. The molecule has 0 aromatic heterocycles. The van der Waals surface area contributed by atoms with E-state index in [0.717, 1.165) is 38.5 Å². The van der Waals surface area contributed by atoms with Crippen LogP contribution in [0.1, 0.15) is 77.0 Å². The number of Topliss-reactive ketones (excluding diaryl/α,β-unsaturated/α-hetero) is 2. The van der Waals surface area contributed by atoms with Gasteiger partial charge in [-0.2, -0.15) is 0 Å². The second-order valence-corrected chi connectivity index (χ2v) is 7.68. The van der Waals surface area contributed by atoms with Crippen LogP contribution in [0.15, 0.2) is 0 Å². The fourth-order valence-electron chi connectivity index (χ4n) is 4.54. The Hall–Kier alpha value is -1.19. The van der Waals surface area contributed by atoms with Gasteiger partial charge in [0.05, 0.1) is 0 Å². The van der Waals surface area contributed by atoms with Crippen molar-refractivity contribution in [3.05, 3.63) is 0 Å². The van der Waals surface area contributed by atoms with Crippen LogP contribution >= 0.6 is 0 Å². The molecule has 2 unspecified atom stereocenters. The van der Waals surface area contributed by atoms with Gasteiger partial charge in [0.2, 0.25) is 0 Å². The molecule has 0 radical (unpaired) electrons. The zero-order valence-electron chi connectivity index (χ0n) is 13.9. The first-order chi connectivity index (χ1) is 11.1. The smallest absolute Gasteiger partial charge is 0.325 e. The van der Waals surface area contributed by atoms with Crippen molar-refractivity contribution in [2.75, 3.05) is 0 Å². The quantitative estimate of drug-likeness (QED) is 0.573. The van der Waals surface area contributed by atoms with Crippen molar-refractivity contribution in [1.82, 2.24) is 0 Å². The zero-order valence-corrected chi connectivity index (χ0v) is 13.9. The molecule has 0 bridgehead atoms. The summed E-state index contributed by atoms with van der Waals surface area (Å²) in [7, 11) is 0. The minimum Gasteiger partial charge on any atom is -0.453 e. The molecule has 4 heteroatoms. The molecule has 0 aromatic carbocycles. The van der Waals surface area contributed by atoms with Gasteiger partial charge in [0.1, 0.15) is 0 Å². The number of esters is 1. The van der Waals surface area contributed by atoms with Crippen LogP contribution in [0.2, 0.25) is 0 Å². The zero-order chi connectivity index (χ0) is 16.2. The van der Waals surface area contributed by atoms with Crippen molar-refractivity contribution in [2.45, 2.75) is 83.2 Å². The summed E-state index contributed by atoms with van der Waals surface area (Å²) < 4.78 is 5.29. The summed E-state index contributed by atoms with van der Waals surface area (Å²) in [5, 5.41) is 0. The predicted octanol–water partition coefficient (Wildman–Crippen LogP) is 3.61. The highest BCUT2D eigenvalue weighted by molar-refractivity contribution is 6.21. The van der Waals surface area contributed by atoms with Crippen LogP contribution in [0.25, 0.3) is 0 Å². The first kappa shape index (κ1) is 16.7. The number of rotatable bonds is 5. The molecule has 3 aliphatic rings. The van der Waals surface area contributed by atoms with Gasteiger partial charge >= 0.3 is 5.97 Å². The van der Waals surface area contributed by atoms with Crippen molar-refractivity contribution in [3.8, 4) is 0 Å². The van der Waals surface area contributed by atoms with E-state index < -0.39 is 18.0 Å². The Kier molecular flexibility index (Phi) is 5.50. The maximum Gasteiger partial charge on any atom is 0.325 e. The van der Waals surface area contributed by atoms with Crippen LogP contribution in [0.3, 0.4) is 0 Å². The molecule has 2 saturated carbocycles. The molecule has 23 heavy (non-hydrogen) atoms. The number of ether oxygens (including phenoxy) is 1. The maximum atomic E-state index is 12.5. The minimum absolute atomic E-state index is 0.196. The van der Waals surface area contributed by atoms with Crippen molar-refractivity contribution in [2.24, 2.45) is 17.8 Å². The van der Waals surface area contributed by atoms with Crippen LogP contribution in [-0.2, 0) is 19.1 Å². The van der Waals surface area contributed by atoms with E-state index in [1.54, 1.807) is 0 Å². The van der Waals surface area contributed by atoms with E-state index in [4.69, 9.17) is 4.74 Å². The molecule has 3 rings (SSSR count). The second-order valence-electron chi connectivity index (χ2n) is 7.68. The van der Waals surface area contributed by atoms with Crippen molar-refractivity contribution in [1.29, 1.82) is 0 Å². The van der Waals surface area contributed by atoms with E-state index in [1.165, 1.54) is 25.7 Å². The van der Waals surface area contributed by atoms with Crippen LogP contribution in [0.5, 0.6) is 0 Å². The minimum atomic E-state index is -1.12. The number of carbonyl (C=O) groups excluding carboxylic acids is 3. The van der Waals surface area contributed by atoms with E-state index >= 15 is 0 Å². The standard InChI is InChI=1S/C19H28O4/c20-15(11-13-7-3-1-4-8-13)17-18(21)16(23-19(17)22)12-14-9-5-2-6-10-14/h13-14,16-17H,1-12H2. The summed E-state index contributed by atoms with van der Waals surface area (Å²) in [5.41, 5.74) is 0. The van der Waals surface area contributed by atoms with Crippen LogP contribution < -0.4 is 0 Å².